The van der Waals surface area contributed by atoms with Crippen LogP contribution >= 0.6 is 11.8 Å². The van der Waals surface area contributed by atoms with Gasteiger partial charge in [0.2, 0.25) is 0 Å². The van der Waals surface area contributed by atoms with Gasteiger partial charge in [0.05, 0.1) is 6.10 Å². The number of aryl methyl sites for hydroxylation is 1. The van der Waals surface area contributed by atoms with Crippen molar-refractivity contribution in [1.82, 2.24) is 20.1 Å². The number of nitrogens with one attached hydrogen (secondary N) is 1. The first kappa shape index (κ1) is 17.9. The SMILES string of the molecule is Cc1ccc(C(=O)NCCc2nnc(SC[C@@H]3CCCO3)n2C)cc1. The van der Waals surface area contributed by atoms with E-state index in [1.54, 1.807) is 11.8 Å². The van der Waals surface area contributed by atoms with Gasteiger partial charge in [0.1, 0.15) is 5.82 Å². The Bertz CT molecular complexity index is 708. The molecule has 1 aromatic heterocycles. The molecule has 1 atom stereocenters. The van der Waals surface area contributed by atoms with Crippen LogP contribution in [-0.4, -0.2) is 45.7 Å². The summed E-state index contributed by atoms with van der Waals surface area (Å²) in [5, 5.41) is 12.3. The van der Waals surface area contributed by atoms with Crippen LogP contribution in [0.25, 0.3) is 0 Å². The van der Waals surface area contributed by atoms with E-state index in [1.165, 1.54) is 0 Å². The quantitative estimate of drug-likeness (QED) is 0.768. The van der Waals surface area contributed by atoms with Gasteiger partial charge in [0, 0.05) is 37.9 Å². The third kappa shape index (κ3) is 4.83. The first-order valence-electron chi connectivity index (χ1n) is 8.61. The van der Waals surface area contributed by atoms with Crippen molar-refractivity contribution in [3.63, 3.8) is 0 Å². The summed E-state index contributed by atoms with van der Waals surface area (Å²) >= 11 is 1.68. The van der Waals surface area contributed by atoms with Gasteiger partial charge < -0.3 is 14.6 Å². The molecule has 7 heteroatoms. The van der Waals surface area contributed by atoms with E-state index in [2.05, 4.69) is 15.5 Å². The number of thioether (sulfide) groups is 1. The molecule has 1 amide bonds. The molecule has 25 heavy (non-hydrogen) atoms. The smallest absolute Gasteiger partial charge is 0.251 e. The van der Waals surface area contributed by atoms with Gasteiger partial charge in [-0.05, 0) is 31.9 Å². The number of aromatic nitrogens is 3. The second-order valence-corrected chi connectivity index (χ2v) is 7.26. The van der Waals surface area contributed by atoms with E-state index < -0.39 is 0 Å². The number of carbonyl (C=O) groups is 1. The van der Waals surface area contributed by atoms with Crippen molar-refractivity contribution < 1.29 is 9.53 Å². The van der Waals surface area contributed by atoms with Crippen LogP contribution in [0.4, 0.5) is 0 Å². The Morgan fingerprint density at radius 3 is 2.88 bits per heavy atom. The third-order valence-corrected chi connectivity index (χ3v) is 5.45. The molecular weight excluding hydrogens is 336 g/mol. The molecule has 1 aliphatic rings. The molecule has 0 aliphatic carbocycles. The van der Waals surface area contributed by atoms with Gasteiger partial charge in [0.15, 0.2) is 5.16 Å². The average molecular weight is 360 g/mol. The van der Waals surface area contributed by atoms with E-state index in [4.69, 9.17) is 4.74 Å². The number of hydrogen-bond donors (Lipinski definition) is 1. The highest BCUT2D eigenvalue weighted by atomic mass is 32.2. The van der Waals surface area contributed by atoms with Crippen LogP contribution in [0.2, 0.25) is 0 Å². The number of hydrogen-bond acceptors (Lipinski definition) is 5. The predicted octanol–water partition coefficient (Wildman–Crippen LogP) is 2.37. The lowest BCUT2D eigenvalue weighted by atomic mass is 10.1. The maximum Gasteiger partial charge on any atom is 0.251 e. The lowest BCUT2D eigenvalue weighted by Crippen LogP contribution is -2.26. The van der Waals surface area contributed by atoms with Crippen LogP contribution < -0.4 is 5.32 Å². The van der Waals surface area contributed by atoms with E-state index in [0.29, 0.717) is 24.6 Å². The summed E-state index contributed by atoms with van der Waals surface area (Å²) in [4.78, 5) is 12.1. The molecule has 1 fully saturated rings. The molecule has 0 unspecified atom stereocenters. The highest BCUT2D eigenvalue weighted by molar-refractivity contribution is 7.99. The molecule has 1 saturated heterocycles. The Kier molecular flexibility index (Phi) is 6.09. The number of amides is 1. The summed E-state index contributed by atoms with van der Waals surface area (Å²) < 4.78 is 7.63. The van der Waals surface area contributed by atoms with E-state index >= 15 is 0 Å². The standard InChI is InChI=1S/C18H24N4O2S/c1-13-5-7-14(8-6-13)17(23)19-10-9-16-20-21-18(22(16)2)25-12-15-4-3-11-24-15/h5-8,15H,3-4,9-12H2,1-2H3,(H,19,23)/t15-/m0/s1. The van der Waals surface area contributed by atoms with E-state index in [1.807, 2.05) is 42.8 Å². The predicted molar refractivity (Wildman–Crippen MR) is 97.9 cm³/mol. The Hall–Kier alpha value is -1.86. The van der Waals surface area contributed by atoms with Gasteiger partial charge in [-0.15, -0.1) is 10.2 Å². The number of carbonyl (C=O) groups excluding carboxylic acids is 1. The first-order chi connectivity index (χ1) is 12.1. The molecule has 3 rings (SSSR count). The second kappa shape index (κ2) is 8.49. The van der Waals surface area contributed by atoms with E-state index in [9.17, 15) is 4.79 Å². The summed E-state index contributed by atoms with van der Waals surface area (Å²) in [5.74, 6) is 1.73. The first-order valence-corrected chi connectivity index (χ1v) is 9.59. The van der Waals surface area contributed by atoms with Crippen LogP contribution in [0.15, 0.2) is 29.4 Å². The van der Waals surface area contributed by atoms with Crippen molar-refractivity contribution in [2.24, 2.45) is 7.05 Å². The third-order valence-electron chi connectivity index (χ3n) is 4.30. The van der Waals surface area contributed by atoms with Gasteiger partial charge in [-0.25, -0.2) is 0 Å². The molecule has 2 aromatic rings. The molecule has 0 saturated carbocycles. The van der Waals surface area contributed by atoms with Gasteiger partial charge in [0.25, 0.3) is 5.91 Å². The van der Waals surface area contributed by atoms with Crippen LogP contribution in [0, 0.1) is 6.92 Å². The minimum Gasteiger partial charge on any atom is -0.377 e. The van der Waals surface area contributed by atoms with Crippen molar-refractivity contribution in [2.75, 3.05) is 18.9 Å². The Balaban J connectivity index is 1.46. The minimum absolute atomic E-state index is 0.0600. The zero-order valence-electron chi connectivity index (χ0n) is 14.7. The normalized spacial score (nSPS) is 17.0. The van der Waals surface area contributed by atoms with Crippen molar-refractivity contribution in [3.8, 4) is 0 Å². The monoisotopic (exact) mass is 360 g/mol. The fraction of sp³-hybridized carbons (Fsp3) is 0.500. The zero-order chi connectivity index (χ0) is 17.6. The number of nitrogens with zero attached hydrogens (tertiary/aromatic N) is 3. The van der Waals surface area contributed by atoms with Gasteiger partial charge in [-0.1, -0.05) is 29.5 Å². The average Bonchev–Trinajstić information content (AvgIpc) is 3.24. The van der Waals surface area contributed by atoms with Crippen molar-refractivity contribution in [2.45, 2.75) is 37.4 Å². The van der Waals surface area contributed by atoms with Crippen molar-refractivity contribution in [3.05, 3.63) is 41.2 Å². The Labute approximate surface area is 152 Å². The summed E-state index contributed by atoms with van der Waals surface area (Å²) in [5.41, 5.74) is 1.82. The molecule has 0 radical (unpaired) electrons. The van der Waals surface area contributed by atoms with Crippen molar-refractivity contribution >= 4 is 17.7 Å². The lowest BCUT2D eigenvalue weighted by Gasteiger charge is -2.08. The highest BCUT2D eigenvalue weighted by Crippen LogP contribution is 2.22. The topological polar surface area (TPSA) is 69.0 Å². The molecule has 0 spiro atoms. The maximum absolute atomic E-state index is 12.1. The largest absolute Gasteiger partial charge is 0.377 e. The van der Waals surface area contributed by atoms with Crippen LogP contribution in [0.5, 0.6) is 0 Å². The van der Waals surface area contributed by atoms with Gasteiger partial charge in [-0.3, -0.25) is 4.79 Å². The van der Waals surface area contributed by atoms with Crippen LogP contribution in [0.3, 0.4) is 0 Å². The summed E-state index contributed by atoms with van der Waals surface area (Å²) in [6.45, 7) is 3.41. The van der Waals surface area contributed by atoms with Crippen LogP contribution in [-0.2, 0) is 18.2 Å². The molecule has 134 valence electrons. The Morgan fingerprint density at radius 1 is 1.36 bits per heavy atom. The number of benzene rings is 1. The second-order valence-electron chi connectivity index (χ2n) is 6.28. The van der Waals surface area contributed by atoms with E-state index in [0.717, 1.165) is 41.7 Å². The minimum atomic E-state index is -0.0600. The van der Waals surface area contributed by atoms with Crippen LogP contribution in [0.1, 0.15) is 34.6 Å². The molecule has 1 N–H and O–H groups in total. The fourth-order valence-electron chi connectivity index (χ4n) is 2.73. The molecule has 1 aromatic carbocycles. The summed E-state index contributed by atoms with van der Waals surface area (Å²) in [7, 11) is 1.97. The fourth-order valence-corrected chi connectivity index (χ4v) is 3.72. The molecule has 1 aliphatic heterocycles. The number of ether oxygens (including phenoxy) is 1. The number of rotatable bonds is 7. The summed E-state index contributed by atoms with van der Waals surface area (Å²) in [6.07, 6.45) is 3.26. The van der Waals surface area contributed by atoms with Crippen molar-refractivity contribution in [1.29, 1.82) is 0 Å². The molecular formula is C18H24N4O2S. The molecule has 2 heterocycles. The lowest BCUT2D eigenvalue weighted by molar-refractivity contribution is 0.0954. The van der Waals surface area contributed by atoms with E-state index in [-0.39, 0.29) is 5.91 Å². The molecule has 6 nitrogen and oxygen atoms in total. The Morgan fingerprint density at radius 2 is 2.16 bits per heavy atom. The highest BCUT2D eigenvalue weighted by Gasteiger charge is 2.18. The summed E-state index contributed by atoms with van der Waals surface area (Å²) in [6, 6.07) is 7.56. The molecule has 0 bridgehead atoms. The maximum atomic E-state index is 12.1. The van der Waals surface area contributed by atoms with Gasteiger partial charge in [-0.2, -0.15) is 0 Å². The van der Waals surface area contributed by atoms with Gasteiger partial charge >= 0.3 is 0 Å². The zero-order valence-corrected chi connectivity index (χ0v) is 15.5.